The molecule has 1 aromatic rings. The molecule has 4 nitrogen and oxygen atoms in total. The van der Waals surface area contributed by atoms with E-state index in [1.54, 1.807) is 24.3 Å². The highest BCUT2D eigenvalue weighted by atomic mass is 31.2. The van der Waals surface area contributed by atoms with Gasteiger partial charge in [-0.05, 0) is 17.7 Å². The second-order valence-electron chi connectivity index (χ2n) is 2.67. The summed E-state index contributed by atoms with van der Waals surface area (Å²) in [5, 5.41) is 0. The van der Waals surface area contributed by atoms with Crippen molar-refractivity contribution in [2.75, 3.05) is 7.11 Å². The van der Waals surface area contributed by atoms with Gasteiger partial charge in [0.2, 0.25) is 0 Å². The molecule has 0 aliphatic heterocycles. The number of hydrogen-bond donors (Lipinski definition) is 2. The lowest BCUT2D eigenvalue weighted by Gasteiger charge is -2.04. The molecule has 0 saturated heterocycles. The van der Waals surface area contributed by atoms with Crippen LogP contribution in [0.2, 0.25) is 0 Å². The Balaban J connectivity index is 2.76. The third-order valence-electron chi connectivity index (χ3n) is 1.55. The Labute approximate surface area is 76.3 Å². The van der Waals surface area contributed by atoms with Gasteiger partial charge in [-0.15, -0.1) is 0 Å². The standard InChI is InChI=1S/C8H11O4P/c1-12-8-4-2-7(3-5-8)6-13(9,10)11/h2-5H,6H2,1H3,(H2,9,10,11). The minimum atomic E-state index is -3.95. The maximum Gasteiger partial charge on any atom is 0.329 e. The van der Waals surface area contributed by atoms with Gasteiger partial charge in [-0.1, -0.05) is 12.1 Å². The van der Waals surface area contributed by atoms with Crippen LogP contribution < -0.4 is 4.74 Å². The Hall–Kier alpha value is -0.830. The molecular weight excluding hydrogens is 191 g/mol. The van der Waals surface area contributed by atoms with Crippen LogP contribution in [0, 0.1) is 0 Å². The maximum absolute atomic E-state index is 10.6. The van der Waals surface area contributed by atoms with Crippen molar-refractivity contribution in [2.24, 2.45) is 0 Å². The molecular formula is C8H11O4P. The van der Waals surface area contributed by atoms with Gasteiger partial charge in [-0.2, -0.15) is 0 Å². The molecule has 1 aromatic carbocycles. The summed E-state index contributed by atoms with van der Waals surface area (Å²) in [6, 6.07) is 6.62. The van der Waals surface area contributed by atoms with E-state index in [1.165, 1.54) is 7.11 Å². The van der Waals surface area contributed by atoms with Crippen LogP contribution in [0.1, 0.15) is 5.56 Å². The highest BCUT2D eigenvalue weighted by Crippen LogP contribution is 2.39. The third-order valence-corrected chi connectivity index (χ3v) is 2.32. The van der Waals surface area contributed by atoms with E-state index in [1.807, 2.05) is 0 Å². The van der Waals surface area contributed by atoms with E-state index in [-0.39, 0.29) is 6.16 Å². The molecule has 0 aliphatic rings. The van der Waals surface area contributed by atoms with Gasteiger partial charge in [-0.25, -0.2) is 0 Å². The molecule has 0 aliphatic carbocycles. The molecule has 0 amide bonds. The molecule has 5 heteroatoms. The molecule has 0 atom stereocenters. The van der Waals surface area contributed by atoms with E-state index < -0.39 is 7.60 Å². The highest BCUT2D eigenvalue weighted by molar-refractivity contribution is 7.50. The van der Waals surface area contributed by atoms with Crippen molar-refractivity contribution in [3.63, 3.8) is 0 Å². The van der Waals surface area contributed by atoms with Crippen LogP contribution in [0.5, 0.6) is 5.75 Å². The lowest BCUT2D eigenvalue weighted by atomic mass is 10.2. The summed E-state index contributed by atoms with van der Waals surface area (Å²) in [7, 11) is -2.41. The summed E-state index contributed by atoms with van der Waals surface area (Å²) >= 11 is 0. The van der Waals surface area contributed by atoms with Crippen LogP contribution in [-0.4, -0.2) is 16.9 Å². The number of rotatable bonds is 3. The van der Waals surface area contributed by atoms with Gasteiger partial charge in [0.05, 0.1) is 13.3 Å². The fourth-order valence-electron chi connectivity index (χ4n) is 0.969. The van der Waals surface area contributed by atoms with E-state index in [4.69, 9.17) is 14.5 Å². The van der Waals surface area contributed by atoms with Crippen LogP contribution in [0.4, 0.5) is 0 Å². The van der Waals surface area contributed by atoms with Crippen LogP contribution >= 0.6 is 7.60 Å². The largest absolute Gasteiger partial charge is 0.497 e. The van der Waals surface area contributed by atoms with Gasteiger partial charge in [0, 0.05) is 0 Å². The molecule has 0 spiro atoms. The SMILES string of the molecule is COc1ccc(CP(=O)(O)O)cc1. The Morgan fingerprint density at radius 2 is 1.85 bits per heavy atom. The normalized spacial score (nSPS) is 11.3. The van der Waals surface area contributed by atoms with Gasteiger partial charge >= 0.3 is 7.60 Å². The predicted molar refractivity (Wildman–Crippen MR) is 48.7 cm³/mol. The second-order valence-corrected chi connectivity index (χ2v) is 4.32. The van der Waals surface area contributed by atoms with Crippen molar-refractivity contribution in [2.45, 2.75) is 6.16 Å². The lowest BCUT2D eigenvalue weighted by Crippen LogP contribution is -1.87. The Kier molecular flexibility index (Phi) is 3.09. The minimum absolute atomic E-state index is 0.225. The molecule has 13 heavy (non-hydrogen) atoms. The highest BCUT2D eigenvalue weighted by Gasteiger charge is 2.13. The number of hydrogen-bond acceptors (Lipinski definition) is 2. The summed E-state index contributed by atoms with van der Waals surface area (Å²) in [6.07, 6.45) is -0.225. The average molecular weight is 202 g/mol. The number of methoxy groups -OCH3 is 1. The third kappa shape index (κ3) is 3.59. The van der Waals surface area contributed by atoms with E-state index >= 15 is 0 Å². The summed E-state index contributed by atoms with van der Waals surface area (Å²) in [4.78, 5) is 17.4. The van der Waals surface area contributed by atoms with Crippen LogP contribution in [0.3, 0.4) is 0 Å². The second kappa shape index (κ2) is 3.92. The first kappa shape index (κ1) is 10.3. The topological polar surface area (TPSA) is 66.8 Å². The molecule has 2 N–H and O–H groups in total. The summed E-state index contributed by atoms with van der Waals surface area (Å²) < 4.78 is 15.5. The van der Waals surface area contributed by atoms with Crippen molar-refractivity contribution < 1.29 is 19.1 Å². The molecule has 0 heterocycles. The number of ether oxygens (including phenoxy) is 1. The van der Waals surface area contributed by atoms with Crippen LogP contribution in [0.25, 0.3) is 0 Å². The molecule has 0 aromatic heterocycles. The van der Waals surface area contributed by atoms with Crippen molar-refractivity contribution in [1.29, 1.82) is 0 Å². The Morgan fingerprint density at radius 3 is 2.23 bits per heavy atom. The van der Waals surface area contributed by atoms with Crippen molar-refractivity contribution in [1.82, 2.24) is 0 Å². The summed E-state index contributed by atoms with van der Waals surface area (Å²) in [6.45, 7) is 0. The predicted octanol–water partition coefficient (Wildman–Crippen LogP) is 1.37. The zero-order valence-corrected chi connectivity index (χ0v) is 8.07. The van der Waals surface area contributed by atoms with Crippen molar-refractivity contribution >= 4 is 7.60 Å². The fourth-order valence-corrected chi connectivity index (χ4v) is 1.66. The maximum atomic E-state index is 10.6. The Bertz CT molecular complexity index is 313. The van der Waals surface area contributed by atoms with Crippen LogP contribution in [-0.2, 0) is 10.7 Å². The van der Waals surface area contributed by atoms with Gasteiger partial charge in [0.15, 0.2) is 0 Å². The fraction of sp³-hybridized carbons (Fsp3) is 0.250. The van der Waals surface area contributed by atoms with Crippen molar-refractivity contribution in [3.05, 3.63) is 29.8 Å². The van der Waals surface area contributed by atoms with E-state index in [0.717, 1.165) is 0 Å². The first-order valence-electron chi connectivity index (χ1n) is 3.69. The number of benzene rings is 1. The van der Waals surface area contributed by atoms with E-state index in [2.05, 4.69) is 0 Å². The minimum Gasteiger partial charge on any atom is -0.497 e. The molecule has 72 valence electrons. The monoisotopic (exact) mass is 202 g/mol. The molecule has 0 saturated carbocycles. The zero-order valence-electron chi connectivity index (χ0n) is 7.17. The average Bonchev–Trinajstić information content (AvgIpc) is 2.03. The van der Waals surface area contributed by atoms with E-state index in [0.29, 0.717) is 11.3 Å². The quantitative estimate of drug-likeness (QED) is 0.726. The van der Waals surface area contributed by atoms with Gasteiger partial charge in [0.25, 0.3) is 0 Å². The zero-order chi connectivity index (χ0) is 9.90. The van der Waals surface area contributed by atoms with E-state index in [9.17, 15) is 4.57 Å². The summed E-state index contributed by atoms with van der Waals surface area (Å²) in [5.41, 5.74) is 0.606. The molecule has 0 fully saturated rings. The molecule has 0 radical (unpaired) electrons. The summed E-state index contributed by atoms with van der Waals surface area (Å²) in [5.74, 6) is 0.675. The molecule has 0 bridgehead atoms. The van der Waals surface area contributed by atoms with Crippen molar-refractivity contribution in [3.8, 4) is 5.75 Å². The molecule has 0 unspecified atom stereocenters. The van der Waals surface area contributed by atoms with Crippen LogP contribution in [0.15, 0.2) is 24.3 Å². The van der Waals surface area contributed by atoms with Gasteiger partial charge in [-0.3, -0.25) is 4.57 Å². The Morgan fingerprint density at radius 1 is 1.31 bits per heavy atom. The first-order chi connectivity index (χ1) is 6.01. The smallest absolute Gasteiger partial charge is 0.329 e. The van der Waals surface area contributed by atoms with Gasteiger partial charge < -0.3 is 14.5 Å². The van der Waals surface area contributed by atoms with Gasteiger partial charge in [0.1, 0.15) is 5.75 Å². The first-order valence-corrected chi connectivity index (χ1v) is 5.48. The lowest BCUT2D eigenvalue weighted by molar-refractivity contribution is 0.371. The molecule has 1 rings (SSSR count).